The van der Waals surface area contributed by atoms with Crippen LogP contribution in [0.1, 0.15) is 62.2 Å². The number of ketones is 2. The van der Waals surface area contributed by atoms with Crippen molar-refractivity contribution >= 4 is 85.8 Å². The van der Waals surface area contributed by atoms with Crippen LogP contribution in [0.2, 0.25) is 18.1 Å². The number of Topliss-reactive ketones (excluding diaryl/α,β-unsaturated/α-hetero) is 2. The summed E-state index contributed by atoms with van der Waals surface area (Å²) in [6.07, 6.45) is 6.05. The third kappa shape index (κ3) is 15.0. The van der Waals surface area contributed by atoms with Gasteiger partial charge in [-0.15, -0.1) is 0 Å². The van der Waals surface area contributed by atoms with E-state index in [1.807, 2.05) is 36.4 Å². The minimum Gasteiger partial charge on any atom is -0.543 e. The van der Waals surface area contributed by atoms with Gasteiger partial charge in [0.1, 0.15) is 56.8 Å². The van der Waals surface area contributed by atoms with E-state index in [1.165, 1.54) is 43.9 Å². The van der Waals surface area contributed by atoms with Gasteiger partial charge in [-0.3, -0.25) is 9.59 Å². The Labute approximate surface area is 460 Å². The van der Waals surface area contributed by atoms with Crippen molar-refractivity contribution in [3.8, 4) is 34.5 Å². The summed E-state index contributed by atoms with van der Waals surface area (Å²) >= 11 is 0. The lowest BCUT2D eigenvalue weighted by Gasteiger charge is -2.36. The van der Waals surface area contributed by atoms with Crippen LogP contribution < -0.4 is 18.1 Å². The molecular weight excluding hydrogens is 1100 g/mol. The molecule has 18 nitrogen and oxygen atoms in total. The predicted molar refractivity (Wildman–Crippen MR) is 292 cm³/mol. The second-order valence-corrected chi connectivity index (χ2v) is 25.3. The highest BCUT2D eigenvalue weighted by Gasteiger charge is 2.48. The zero-order valence-electron chi connectivity index (χ0n) is 43.9. The maximum Gasteiger partial charge on any atom is 0.534 e. The highest BCUT2D eigenvalue weighted by Crippen LogP contribution is 2.39. The fourth-order valence-electron chi connectivity index (χ4n) is 7.06. The SMILES string of the molecule is CC(C)(C)[Si](C)(C)Oc1ccc2c(c1)OCC2=O.COC(=O)c1ccc2ccoc2c1.O=C(O)c1ccc2ccoc2c1.O=C1COc2cc(O)ccc21.O=S(=O)(Oc1ccc2ccoc2c1)C(F)(F)F.Oc1ccc2ccoc2c1. The number of halogens is 3. The van der Waals surface area contributed by atoms with Crippen LogP contribution in [0, 0.1) is 0 Å². The quantitative estimate of drug-likeness (QED) is 0.0605. The van der Waals surface area contributed by atoms with E-state index in [9.17, 15) is 40.8 Å². The van der Waals surface area contributed by atoms with Crippen molar-refractivity contribution in [2.45, 2.75) is 44.4 Å². The van der Waals surface area contributed by atoms with Gasteiger partial charge in [-0.1, -0.05) is 32.9 Å². The molecule has 12 rings (SSSR count). The van der Waals surface area contributed by atoms with E-state index < -0.39 is 35.7 Å². The van der Waals surface area contributed by atoms with E-state index in [2.05, 4.69) is 42.8 Å². The number of carboxylic acid groups (broad SMARTS) is 1. The van der Waals surface area contributed by atoms with Crippen molar-refractivity contribution in [2.24, 2.45) is 0 Å². The minimum atomic E-state index is -5.64. The number of rotatable bonds is 6. The number of benzene rings is 6. The summed E-state index contributed by atoms with van der Waals surface area (Å²) < 4.78 is 103. The molecule has 0 bridgehead atoms. The van der Waals surface area contributed by atoms with Gasteiger partial charge in [0.15, 0.2) is 13.2 Å². The Morgan fingerprint density at radius 2 is 0.975 bits per heavy atom. The van der Waals surface area contributed by atoms with Gasteiger partial charge in [0.2, 0.25) is 19.9 Å². The van der Waals surface area contributed by atoms with E-state index >= 15 is 0 Å². The number of hydrogen-bond acceptors (Lipinski definition) is 17. The minimum absolute atomic E-state index is 0.0278. The molecule has 23 heteroatoms. The van der Waals surface area contributed by atoms with Gasteiger partial charge in [0.25, 0.3) is 0 Å². The third-order valence-electron chi connectivity index (χ3n) is 12.4. The van der Waals surface area contributed by atoms with Crippen LogP contribution in [-0.4, -0.2) is 81.4 Å². The summed E-state index contributed by atoms with van der Waals surface area (Å²) in [5.74, 6) is 0.572. The number of carbonyl (C=O) groups excluding carboxylic acids is 3. The van der Waals surface area contributed by atoms with E-state index in [0.29, 0.717) is 44.7 Å². The molecule has 0 amide bonds. The molecule has 422 valence electrons. The lowest BCUT2D eigenvalue weighted by Crippen LogP contribution is -2.43. The fraction of sp³-hybridized carbons (Fsp3) is 0.172. The topological polar surface area (TPSA) is 262 Å². The molecule has 2 aliphatic rings. The maximum absolute atomic E-state index is 12.0. The third-order valence-corrected chi connectivity index (χ3v) is 17.7. The number of hydrogen-bond donors (Lipinski definition) is 3. The van der Waals surface area contributed by atoms with Gasteiger partial charge >= 0.3 is 27.6 Å². The molecule has 0 spiro atoms. The number of carboxylic acids is 1. The van der Waals surface area contributed by atoms with Gasteiger partial charge in [0.05, 0.1) is 54.4 Å². The van der Waals surface area contributed by atoms with Gasteiger partial charge in [0, 0.05) is 45.8 Å². The Morgan fingerprint density at radius 1 is 0.556 bits per heavy atom. The largest absolute Gasteiger partial charge is 0.543 e. The highest BCUT2D eigenvalue weighted by molar-refractivity contribution is 7.88. The summed E-state index contributed by atoms with van der Waals surface area (Å²) in [6, 6.07) is 35.7. The Hall–Kier alpha value is -9.48. The summed E-state index contributed by atoms with van der Waals surface area (Å²) in [6.45, 7) is 11.3. The van der Waals surface area contributed by atoms with Crippen LogP contribution in [-0.2, 0) is 14.9 Å². The van der Waals surface area contributed by atoms with Crippen molar-refractivity contribution in [3.63, 3.8) is 0 Å². The van der Waals surface area contributed by atoms with E-state index in [0.717, 1.165) is 39.6 Å². The molecule has 6 aromatic carbocycles. The molecule has 0 saturated carbocycles. The van der Waals surface area contributed by atoms with E-state index in [1.54, 1.807) is 73.2 Å². The predicted octanol–water partition coefficient (Wildman–Crippen LogP) is 13.8. The maximum atomic E-state index is 12.0. The van der Waals surface area contributed by atoms with Crippen LogP contribution >= 0.6 is 0 Å². The van der Waals surface area contributed by atoms with Crippen molar-refractivity contribution in [2.75, 3.05) is 20.3 Å². The molecule has 0 aliphatic carbocycles. The number of aromatic hydroxyl groups is 2. The summed E-state index contributed by atoms with van der Waals surface area (Å²) in [5.41, 5.74) is -1.22. The van der Waals surface area contributed by atoms with Crippen LogP contribution in [0.25, 0.3) is 43.9 Å². The lowest BCUT2D eigenvalue weighted by atomic mass is 10.1. The molecule has 0 unspecified atom stereocenters. The van der Waals surface area contributed by atoms with Crippen LogP contribution in [0.5, 0.6) is 34.5 Å². The first-order chi connectivity index (χ1) is 38.2. The number of esters is 1. The number of phenolic OH excluding ortho intramolecular Hbond substituents is 2. The lowest BCUT2D eigenvalue weighted by molar-refractivity contribution is -0.0500. The normalized spacial score (nSPS) is 12.5. The smallest absolute Gasteiger partial charge is 0.534 e. The molecule has 0 atom stereocenters. The number of phenols is 2. The van der Waals surface area contributed by atoms with Gasteiger partial charge < -0.3 is 55.8 Å². The Bertz CT molecular complexity index is 3990. The van der Waals surface area contributed by atoms with Crippen molar-refractivity contribution in [1.82, 2.24) is 0 Å². The highest BCUT2D eigenvalue weighted by atomic mass is 32.2. The molecule has 0 radical (unpaired) electrons. The number of alkyl halides is 3. The molecule has 6 heterocycles. The van der Waals surface area contributed by atoms with Crippen LogP contribution in [0.3, 0.4) is 0 Å². The Balaban J connectivity index is 0.000000142. The molecule has 4 aromatic heterocycles. The number of aromatic carboxylic acids is 1. The Morgan fingerprint density at radius 3 is 1.48 bits per heavy atom. The zero-order chi connectivity index (χ0) is 58.9. The standard InChI is InChI=1S/C14H20O3Si.C10H8O3.C9H5F3O4S.C9H6O3.C8H6O3.C8H6O2/c1-14(2,3)18(4,5)17-10-6-7-11-12(15)9-16-13(11)8-10;1-12-10(11)8-3-2-7-4-5-13-9(7)6-8;10-9(11,12)17(13,14)16-7-2-1-6-3-4-15-8(6)5-7;10-9(11)7-2-1-6-3-4-12-8(6)5-7;9-5-1-2-6-7(10)4-11-8(6)3-5;9-7-2-1-6-3-4-10-8(6)5-7/h6-8H,9H2,1-5H3;2-6H,1H3;1-5H;1-5H,(H,10,11);1-3,9H,4H2;1-5,9H. The molecule has 81 heavy (non-hydrogen) atoms. The van der Waals surface area contributed by atoms with Crippen molar-refractivity contribution < 1.29 is 96.6 Å². The molecule has 10 aromatic rings. The first-order valence-electron chi connectivity index (χ1n) is 24.1. The van der Waals surface area contributed by atoms with Crippen molar-refractivity contribution in [1.29, 1.82) is 0 Å². The molecule has 3 N–H and O–H groups in total. The number of carbonyl (C=O) groups is 4. The van der Waals surface area contributed by atoms with Crippen LogP contribution in [0.4, 0.5) is 13.2 Å². The molecule has 0 saturated heterocycles. The summed E-state index contributed by atoms with van der Waals surface area (Å²) in [4.78, 5) is 44.1. The monoisotopic (exact) mass is 1150 g/mol. The molecule has 2 aliphatic heterocycles. The second-order valence-electron chi connectivity index (χ2n) is 19.0. The second kappa shape index (κ2) is 24.7. The number of ether oxygens (including phenoxy) is 3. The fourth-order valence-corrected chi connectivity index (χ4v) is 8.53. The Kier molecular flexibility index (Phi) is 18.0. The number of methoxy groups -OCH3 is 1. The van der Waals surface area contributed by atoms with Gasteiger partial charge in [-0.05, 0) is 115 Å². The van der Waals surface area contributed by atoms with Gasteiger partial charge in [-0.25, -0.2) is 9.59 Å². The number of furan rings is 4. The summed E-state index contributed by atoms with van der Waals surface area (Å²) in [5, 5.41) is 30.3. The molecule has 0 fully saturated rings. The van der Waals surface area contributed by atoms with Crippen LogP contribution in [0.15, 0.2) is 176 Å². The summed E-state index contributed by atoms with van der Waals surface area (Å²) in [7, 11) is -6.12. The number of fused-ring (bicyclic) bond motifs is 6. The average molecular weight is 1150 g/mol. The van der Waals surface area contributed by atoms with E-state index in [-0.39, 0.29) is 58.4 Å². The zero-order valence-corrected chi connectivity index (χ0v) is 45.7. The van der Waals surface area contributed by atoms with Gasteiger partial charge in [-0.2, -0.15) is 21.6 Å². The van der Waals surface area contributed by atoms with Crippen molar-refractivity contribution in [3.05, 3.63) is 181 Å². The first-order valence-corrected chi connectivity index (χ1v) is 28.4. The van der Waals surface area contributed by atoms with E-state index in [4.69, 9.17) is 46.9 Å². The molecular formula is C58H51F3O18SSi. The average Bonchev–Trinajstić information content (AvgIpc) is 4.32. The first kappa shape index (κ1) is 59.2.